The number of anilines is 1. The van der Waals surface area contributed by atoms with Crippen molar-refractivity contribution in [3.05, 3.63) is 47.3 Å². The topological polar surface area (TPSA) is 70.0 Å². The normalized spacial score (nSPS) is 11.6. The molecule has 102 valence electrons. The molecule has 1 aromatic heterocycles. The Bertz CT molecular complexity index is 643. The van der Waals surface area contributed by atoms with E-state index < -0.39 is 10.8 Å². The second-order valence-corrected chi connectivity index (χ2v) is 6.71. The number of amides is 1. The number of thiophene rings is 1. The summed E-state index contributed by atoms with van der Waals surface area (Å²) < 4.78 is 12.6. The molecule has 0 fully saturated rings. The van der Waals surface area contributed by atoms with Gasteiger partial charge >= 0.3 is 0 Å². The minimum atomic E-state index is -1.12. The lowest BCUT2D eigenvalue weighted by Gasteiger charge is -2.04. The van der Waals surface area contributed by atoms with Crippen LogP contribution in [0.2, 0.25) is 0 Å². The first-order valence-electron chi connectivity index (χ1n) is 5.91. The number of benzene rings is 1. The lowest BCUT2D eigenvalue weighted by molar-refractivity contribution is -0.115. The van der Waals surface area contributed by atoms with Crippen LogP contribution in [0.25, 0.3) is 0 Å². The van der Waals surface area contributed by atoms with Crippen molar-refractivity contribution in [2.75, 3.05) is 11.1 Å². The van der Waals surface area contributed by atoms with Crippen LogP contribution in [0.1, 0.15) is 12.0 Å². The highest BCUT2D eigenvalue weighted by atomic mass is 32.2. The van der Waals surface area contributed by atoms with Gasteiger partial charge in [-0.2, -0.15) is 5.26 Å². The summed E-state index contributed by atoms with van der Waals surface area (Å²) in [5, 5.41) is 13.3. The molecule has 1 aromatic carbocycles. The Morgan fingerprint density at radius 1 is 1.30 bits per heavy atom. The quantitative estimate of drug-likeness (QED) is 0.923. The molecular weight excluding hydrogens is 292 g/mol. The van der Waals surface area contributed by atoms with E-state index in [9.17, 15) is 9.00 Å². The van der Waals surface area contributed by atoms with Crippen molar-refractivity contribution in [3.63, 3.8) is 0 Å². The van der Waals surface area contributed by atoms with E-state index in [0.717, 1.165) is 4.21 Å². The zero-order chi connectivity index (χ0) is 14.4. The van der Waals surface area contributed by atoms with Crippen molar-refractivity contribution in [2.45, 2.75) is 10.6 Å². The molecule has 0 spiro atoms. The third kappa shape index (κ3) is 4.02. The molecule has 1 atom stereocenters. The van der Waals surface area contributed by atoms with Crippen molar-refractivity contribution in [3.8, 4) is 6.07 Å². The van der Waals surface area contributed by atoms with Crippen LogP contribution in [-0.4, -0.2) is 15.9 Å². The van der Waals surface area contributed by atoms with E-state index in [4.69, 9.17) is 5.26 Å². The van der Waals surface area contributed by atoms with Gasteiger partial charge in [0.05, 0.1) is 26.6 Å². The molecule has 6 heteroatoms. The van der Waals surface area contributed by atoms with Crippen molar-refractivity contribution < 1.29 is 9.00 Å². The zero-order valence-corrected chi connectivity index (χ0v) is 12.2. The first-order valence-corrected chi connectivity index (χ1v) is 8.11. The van der Waals surface area contributed by atoms with Gasteiger partial charge < -0.3 is 5.32 Å². The fourth-order valence-corrected chi connectivity index (χ4v) is 3.63. The molecule has 20 heavy (non-hydrogen) atoms. The maximum Gasteiger partial charge on any atom is 0.225 e. The smallest absolute Gasteiger partial charge is 0.225 e. The molecule has 0 aliphatic carbocycles. The van der Waals surface area contributed by atoms with Crippen LogP contribution in [0.5, 0.6) is 0 Å². The van der Waals surface area contributed by atoms with Crippen molar-refractivity contribution in [1.82, 2.24) is 0 Å². The van der Waals surface area contributed by atoms with Crippen molar-refractivity contribution >= 4 is 33.7 Å². The summed E-state index contributed by atoms with van der Waals surface area (Å²) in [7, 11) is -1.12. The summed E-state index contributed by atoms with van der Waals surface area (Å²) in [6.07, 6.45) is 0.199. The highest BCUT2D eigenvalue weighted by molar-refractivity contribution is 7.87. The minimum Gasteiger partial charge on any atom is -0.326 e. The SMILES string of the molecule is N#Cc1ccc(NC(=O)CCS(=O)c2cccs2)cc1. The molecule has 0 saturated carbocycles. The van der Waals surface area contributed by atoms with Crippen molar-refractivity contribution in [2.24, 2.45) is 0 Å². The Labute approximate surface area is 123 Å². The molecule has 1 N–H and O–H groups in total. The predicted molar refractivity (Wildman–Crippen MR) is 80.0 cm³/mol. The number of rotatable bonds is 5. The van der Waals surface area contributed by atoms with Crippen molar-refractivity contribution in [1.29, 1.82) is 5.26 Å². The minimum absolute atomic E-state index is 0.181. The molecule has 1 amide bonds. The third-order valence-corrected chi connectivity index (χ3v) is 5.20. The summed E-state index contributed by atoms with van der Waals surface area (Å²) in [6.45, 7) is 0. The van der Waals surface area contributed by atoms with E-state index in [0.29, 0.717) is 17.0 Å². The molecule has 0 saturated heterocycles. The first kappa shape index (κ1) is 14.4. The third-order valence-electron chi connectivity index (χ3n) is 2.53. The number of carbonyl (C=O) groups is 1. The van der Waals surface area contributed by atoms with Crippen LogP contribution in [0.3, 0.4) is 0 Å². The predicted octanol–water partition coefficient (Wildman–Crippen LogP) is 2.76. The molecule has 2 aromatic rings. The molecule has 1 heterocycles. The molecular formula is C14H12N2O2S2. The summed E-state index contributed by atoms with van der Waals surface area (Å²) in [4.78, 5) is 11.7. The summed E-state index contributed by atoms with van der Waals surface area (Å²) in [5.41, 5.74) is 1.18. The molecule has 2 rings (SSSR count). The highest BCUT2D eigenvalue weighted by Gasteiger charge is 2.08. The van der Waals surface area contributed by atoms with Gasteiger partial charge in [-0.05, 0) is 35.7 Å². The monoisotopic (exact) mass is 304 g/mol. The average molecular weight is 304 g/mol. The molecule has 1 unspecified atom stereocenters. The lowest BCUT2D eigenvalue weighted by atomic mass is 10.2. The molecule has 0 aliphatic heterocycles. The van der Waals surface area contributed by atoms with Gasteiger partial charge in [0.25, 0.3) is 0 Å². The highest BCUT2D eigenvalue weighted by Crippen LogP contribution is 2.15. The number of nitrogens with zero attached hydrogens (tertiary/aromatic N) is 1. The summed E-state index contributed by atoms with van der Waals surface area (Å²) in [6, 6.07) is 12.3. The maximum atomic E-state index is 11.9. The lowest BCUT2D eigenvalue weighted by Crippen LogP contribution is -2.14. The van der Waals surface area contributed by atoms with E-state index in [-0.39, 0.29) is 12.3 Å². The van der Waals surface area contributed by atoms with Gasteiger partial charge in [-0.25, -0.2) is 0 Å². The largest absolute Gasteiger partial charge is 0.326 e. The second kappa shape index (κ2) is 6.98. The number of nitriles is 1. The van der Waals surface area contributed by atoms with Crippen LogP contribution in [-0.2, 0) is 15.6 Å². The first-order chi connectivity index (χ1) is 9.69. The van der Waals surface area contributed by atoms with Gasteiger partial charge in [-0.3, -0.25) is 9.00 Å². The van der Waals surface area contributed by atoms with E-state index in [1.165, 1.54) is 11.3 Å². The number of nitrogens with one attached hydrogen (secondary N) is 1. The Kier molecular flexibility index (Phi) is 5.04. The molecule has 0 aliphatic rings. The number of hydrogen-bond donors (Lipinski definition) is 1. The van der Waals surface area contributed by atoms with Crippen LogP contribution in [0.4, 0.5) is 5.69 Å². The number of carbonyl (C=O) groups excluding carboxylic acids is 1. The Morgan fingerprint density at radius 2 is 2.05 bits per heavy atom. The molecule has 0 bridgehead atoms. The van der Waals surface area contributed by atoms with Crippen LogP contribution >= 0.6 is 11.3 Å². The van der Waals surface area contributed by atoms with Crippen LogP contribution in [0.15, 0.2) is 46.0 Å². The summed E-state index contributed by atoms with van der Waals surface area (Å²) >= 11 is 1.43. The van der Waals surface area contributed by atoms with Gasteiger partial charge in [0.1, 0.15) is 0 Å². The van der Waals surface area contributed by atoms with Gasteiger partial charge in [0.15, 0.2) is 0 Å². The average Bonchev–Trinajstić information content (AvgIpc) is 3.00. The molecule has 0 radical (unpaired) electrons. The van der Waals surface area contributed by atoms with Gasteiger partial charge in [0.2, 0.25) is 5.91 Å². The summed E-state index contributed by atoms with van der Waals surface area (Å²) in [5.74, 6) is 0.127. The van der Waals surface area contributed by atoms with E-state index in [1.54, 1.807) is 30.3 Å². The van der Waals surface area contributed by atoms with Crippen LogP contribution < -0.4 is 5.32 Å². The fraction of sp³-hybridized carbons (Fsp3) is 0.143. The second-order valence-electron chi connectivity index (χ2n) is 3.97. The fourth-order valence-electron chi connectivity index (χ4n) is 1.53. The Morgan fingerprint density at radius 3 is 2.65 bits per heavy atom. The van der Waals surface area contributed by atoms with Crippen LogP contribution in [0, 0.1) is 11.3 Å². The van der Waals surface area contributed by atoms with E-state index >= 15 is 0 Å². The maximum absolute atomic E-state index is 11.9. The standard InChI is InChI=1S/C14H12N2O2S2/c15-10-11-3-5-12(6-4-11)16-13(17)7-9-20(18)14-2-1-8-19-14/h1-6,8H,7,9H2,(H,16,17). The molecule has 4 nitrogen and oxygen atoms in total. The Balaban J connectivity index is 1.83. The van der Waals surface area contributed by atoms with E-state index in [2.05, 4.69) is 5.32 Å². The zero-order valence-electron chi connectivity index (χ0n) is 10.5. The van der Waals surface area contributed by atoms with Gasteiger partial charge in [-0.1, -0.05) is 6.07 Å². The van der Waals surface area contributed by atoms with E-state index in [1.807, 2.05) is 17.5 Å². The van der Waals surface area contributed by atoms with Gasteiger partial charge in [-0.15, -0.1) is 11.3 Å². The van der Waals surface area contributed by atoms with Gasteiger partial charge in [0, 0.05) is 17.9 Å². The number of hydrogen-bond acceptors (Lipinski definition) is 4. The Hall–Kier alpha value is -1.97.